The van der Waals surface area contributed by atoms with Crippen LogP contribution >= 0.6 is 0 Å². The summed E-state index contributed by atoms with van der Waals surface area (Å²) < 4.78 is 19.6. The highest BCUT2D eigenvalue weighted by Crippen LogP contribution is 2.32. The Morgan fingerprint density at radius 2 is 2.10 bits per heavy atom. The number of rotatable bonds is 4. The minimum absolute atomic E-state index is 0.0106. The van der Waals surface area contributed by atoms with E-state index in [2.05, 4.69) is 9.88 Å². The highest BCUT2D eigenvalue weighted by Gasteiger charge is 2.37. The van der Waals surface area contributed by atoms with E-state index in [-0.39, 0.29) is 29.4 Å². The van der Waals surface area contributed by atoms with Gasteiger partial charge in [0.1, 0.15) is 17.7 Å². The Morgan fingerprint density at radius 1 is 1.23 bits per heavy atom. The second-order valence-corrected chi connectivity index (χ2v) is 8.62. The molecule has 5 rings (SSSR count). The Morgan fingerprint density at radius 3 is 2.90 bits per heavy atom. The number of benzene rings is 1. The summed E-state index contributed by atoms with van der Waals surface area (Å²) in [4.78, 5) is 37.4. The van der Waals surface area contributed by atoms with Crippen LogP contribution in [-0.2, 0) is 29.0 Å². The number of halogens is 1. The van der Waals surface area contributed by atoms with Gasteiger partial charge in [0, 0.05) is 44.8 Å². The van der Waals surface area contributed by atoms with E-state index >= 15 is 0 Å². The zero-order chi connectivity index (χ0) is 21.4. The molecule has 1 aromatic heterocycles. The van der Waals surface area contributed by atoms with Crippen molar-refractivity contribution in [1.29, 1.82) is 0 Å². The van der Waals surface area contributed by atoms with Crippen molar-refractivity contribution in [3.05, 3.63) is 63.1 Å². The summed E-state index contributed by atoms with van der Waals surface area (Å²) in [7, 11) is 0. The lowest BCUT2D eigenvalue weighted by Gasteiger charge is -2.30. The standard InChI is InChI=1S/C23H27FN4O3/c24-17-6-2-1-5-15(17)13-27-11-9-18-16(14-27)22(29)26-21(25-18)19-7-3-10-28(19)23(30)20-8-4-12-31-20/h1-2,5-6,19-20H,3-4,7-14H2,(H,25,26,29)/t19-,20-/m0/s1. The number of aromatic nitrogens is 2. The van der Waals surface area contributed by atoms with Crippen molar-refractivity contribution in [3.8, 4) is 0 Å². The molecule has 2 atom stereocenters. The number of hydrogen-bond acceptors (Lipinski definition) is 5. The third kappa shape index (κ3) is 4.02. The molecule has 8 heteroatoms. The second-order valence-electron chi connectivity index (χ2n) is 8.62. The number of aromatic amines is 1. The number of nitrogens with one attached hydrogen (secondary N) is 1. The molecule has 2 fully saturated rings. The molecule has 0 aliphatic carbocycles. The molecule has 3 aliphatic rings. The van der Waals surface area contributed by atoms with E-state index in [1.807, 2.05) is 11.0 Å². The number of hydrogen-bond donors (Lipinski definition) is 1. The summed E-state index contributed by atoms with van der Waals surface area (Å²) in [5, 5.41) is 0. The van der Waals surface area contributed by atoms with Crippen molar-refractivity contribution in [2.75, 3.05) is 19.7 Å². The second kappa shape index (κ2) is 8.51. The van der Waals surface area contributed by atoms with Gasteiger partial charge in [-0.15, -0.1) is 0 Å². The smallest absolute Gasteiger partial charge is 0.255 e. The van der Waals surface area contributed by atoms with E-state index in [9.17, 15) is 14.0 Å². The number of amides is 1. The third-order valence-electron chi connectivity index (χ3n) is 6.57. The van der Waals surface area contributed by atoms with Crippen LogP contribution in [0.3, 0.4) is 0 Å². The molecule has 0 spiro atoms. The fourth-order valence-electron chi connectivity index (χ4n) is 4.93. The molecule has 1 aromatic carbocycles. The highest BCUT2D eigenvalue weighted by atomic mass is 19.1. The van der Waals surface area contributed by atoms with Crippen LogP contribution in [0, 0.1) is 5.82 Å². The van der Waals surface area contributed by atoms with E-state index < -0.39 is 0 Å². The molecule has 3 aliphatic heterocycles. The molecule has 0 unspecified atom stereocenters. The van der Waals surface area contributed by atoms with Crippen molar-refractivity contribution < 1.29 is 13.9 Å². The number of carbonyl (C=O) groups is 1. The minimum Gasteiger partial charge on any atom is -0.368 e. The molecule has 4 heterocycles. The lowest BCUT2D eigenvalue weighted by Crippen LogP contribution is -2.40. The molecular weight excluding hydrogens is 399 g/mol. The maximum Gasteiger partial charge on any atom is 0.255 e. The Labute approximate surface area is 180 Å². The van der Waals surface area contributed by atoms with Crippen LogP contribution in [0.2, 0.25) is 0 Å². The first-order valence-corrected chi connectivity index (χ1v) is 11.1. The molecule has 1 N–H and O–H groups in total. The van der Waals surface area contributed by atoms with Gasteiger partial charge in [0.15, 0.2) is 0 Å². The predicted octanol–water partition coefficient (Wildman–Crippen LogP) is 2.31. The Balaban J connectivity index is 1.34. The monoisotopic (exact) mass is 426 g/mol. The number of nitrogens with zero attached hydrogens (tertiary/aromatic N) is 3. The topological polar surface area (TPSA) is 78.5 Å². The first-order valence-electron chi connectivity index (χ1n) is 11.1. The number of H-pyrrole nitrogens is 1. The van der Waals surface area contributed by atoms with Gasteiger partial charge in [-0.05, 0) is 31.7 Å². The number of carbonyl (C=O) groups excluding carboxylic acids is 1. The van der Waals surface area contributed by atoms with Gasteiger partial charge >= 0.3 is 0 Å². The molecule has 2 saturated heterocycles. The molecule has 164 valence electrons. The van der Waals surface area contributed by atoms with Crippen LogP contribution in [-0.4, -0.2) is 51.5 Å². The number of fused-ring (bicyclic) bond motifs is 1. The van der Waals surface area contributed by atoms with Gasteiger partial charge in [-0.25, -0.2) is 9.37 Å². The van der Waals surface area contributed by atoms with Crippen molar-refractivity contribution in [1.82, 2.24) is 19.8 Å². The van der Waals surface area contributed by atoms with Crippen LogP contribution in [0.15, 0.2) is 29.1 Å². The summed E-state index contributed by atoms with van der Waals surface area (Å²) >= 11 is 0. The first-order chi connectivity index (χ1) is 15.1. The molecule has 31 heavy (non-hydrogen) atoms. The van der Waals surface area contributed by atoms with Gasteiger partial charge in [-0.1, -0.05) is 18.2 Å². The average Bonchev–Trinajstić information content (AvgIpc) is 3.48. The highest BCUT2D eigenvalue weighted by molar-refractivity contribution is 5.81. The summed E-state index contributed by atoms with van der Waals surface area (Å²) in [6.45, 7) is 2.91. The molecule has 0 radical (unpaired) electrons. The molecule has 7 nitrogen and oxygen atoms in total. The van der Waals surface area contributed by atoms with Gasteiger partial charge in [-0.2, -0.15) is 0 Å². The predicted molar refractivity (Wildman–Crippen MR) is 112 cm³/mol. The van der Waals surface area contributed by atoms with E-state index in [0.717, 1.165) is 31.4 Å². The van der Waals surface area contributed by atoms with Crippen LogP contribution < -0.4 is 5.56 Å². The van der Waals surface area contributed by atoms with Gasteiger partial charge in [0.05, 0.1) is 17.3 Å². The zero-order valence-electron chi connectivity index (χ0n) is 17.5. The first kappa shape index (κ1) is 20.3. The largest absolute Gasteiger partial charge is 0.368 e. The molecular formula is C23H27FN4O3. The Bertz CT molecular complexity index is 1030. The van der Waals surface area contributed by atoms with Crippen molar-refractivity contribution in [3.63, 3.8) is 0 Å². The normalized spacial score (nSPS) is 23.8. The van der Waals surface area contributed by atoms with Gasteiger partial charge in [0.25, 0.3) is 11.5 Å². The summed E-state index contributed by atoms with van der Waals surface area (Å²) in [6, 6.07) is 6.53. The zero-order valence-corrected chi connectivity index (χ0v) is 17.5. The van der Waals surface area contributed by atoms with Crippen LogP contribution in [0.1, 0.15) is 54.4 Å². The number of likely N-dealkylation sites (tertiary alicyclic amines) is 1. The van der Waals surface area contributed by atoms with E-state index in [1.54, 1.807) is 12.1 Å². The van der Waals surface area contributed by atoms with Gasteiger partial charge in [0.2, 0.25) is 0 Å². The summed E-state index contributed by atoms with van der Waals surface area (Å²) in [6.07, 6.45) is 3.62. The minimum atomic E-state index is -0.364. The van der Waals surface area contributed by atoms with Crippen molar-refractivity contribution >= 4 is 5.91 Å². The average molecular weight is 426 g/mol. The summed E-state index contributed by atoms with van der Waals surface area (Å²) in [5.74, 6) is 0.361. The van der Waals surface area contributed by atoms with E-state index in [4.69, 9.17) is 9.72 Å². The number of ether oxygens (including phenoxy) is 1. The van der Waals surface area contributed by atoms with Crippen LogP contribution in [0.25, 0.3) is 0 Å². The third-order valence-corrected chi connectivity index (χ3v) is 6.57. The lowest BCUT2D eigenvalue weighted by atomic mass is 10.0. The van der Waals surface area contributed by atoms with Crippen LogP contribution in [0.4, 0.5) is 4.39 Å². The Kier molecular flexibility index (Phi) is 5.58. The van der Waals surface area contributed by atoms with E-state index in [0.29, 0.717) is 56.2 Å². The van der Waals surface area contributed by atoms with E-state index in [1.165, 1.54) is 6.07 Å². The van der Waals surface area contributed by atoms with Crippen molar-refractivity contribution in [2.24, 2.45) is 0 Å². The summed E-state index contributed by atoms with van der Waals surface area (Å²) in [5.41, 5.74) is 1.90. The maximum absolute atomic E-state index is 14.0. The fraction of sp³-hybridized carbons (Fsp3) is 0.522. The van der Waals surface area contributed by atoms with Crippen molar-refractivity contribution in [2.45, 2.75) is 57.3 Å². The van der Waals surface area contributed by atoms with Gasteiger partial charge < -0.3 is 14.6 Å². The lowest BCUT2D eigenvalue weighted by molar-refractivity contribution is -0.142. The molecule has 1 amide bonds. The van der Waals surface area contributed by atoms with Crippen LogP contribution in [0.5, 0.6) is 0 Å². The Hall–Kier alpha value is -2.58. The molecule has 0 saturated carbocycles. The maximum atomic E-state index is 14.0. The molecule has 2 aromatic rings. The quantitative estimate of drug-likeness (QED) is 0.812. The molecule has 0 bridgehead atoms. The van der Waals surface area contributed by atoms with Gasteiger partial charge in [-0.3, -0.25) is 14.5 Å². The fourth-order valence-corrected chi connectivity index (χ4v) is 4.93. The SMILES string of the molecule is O=C([C@@H]1CCCO1)N1CCC[C@H]1c1nc2c(c(=O)[nH]1)CN(Cc1ccccc1F)CC2.